The van der Waals surface area contributed by atoms with Gasteiger partial charge in [0.1, 0.15) is 5.75 Å². The molecular weight excluding hydrogens is 398 g/mol. The molecule has 0 aliphatic rings. The zero-order valence-corrected chi connectivity index (χ0v) is 17.0. The SMILES string of the molecule is COc1ccc(NC(=O)CSCc2ccc(OC)c([N+](=O)[O-])c2)cc1NC(C)=O. The number of rotatable bonds is 9. The van der Waals surface area contributed by atoms with Crippen molar-refractivity contribution in [3.8, 4) is 11.5 Å². The highest BCUT2D eigenvalue weighted by Gasteiger charge is 2.15. The van der Waals surface area contributed by atoms with E-state index in [1.807, 2.05) is 0 Å². The van der Waals surface area contributed by atoms with Gasteiger partial charge in [0.25, 0.3) is 0 Å². The second kappa shape index (κ2) is 10.3. The topological polar surface area (TPSA) is 120 Å². The third-order valence-electron chi connectivity index (χ3n) is 3.74. The number of hydrogen-bond acceptors (Lipinski definition) is 7. The van der Waals surface area contributed by atoms with Gasteiger partial charge in [-0.15, -0.1) is 11.8 Å². The van der Waals surface area contributed by atoms with Crippen molar-refractivity contribution in [1.29, 1.82) is 0 Å². The molecule has 10 heteroatoms. The van der Waals surface area contributed by atoms with Crippen LogP contribution in [-0.2, 0) is 15.3 Å². The van der Waals surface area contributed by atoms with Gasteiger partial charge in [-0.25, -0.2) is 0 Å². The number of methoxy groups -OCH3 is 2. The molecule has 2 N–H and O–H groups in total. The van der Waals surface area contributed by atoms with Crippen LogP contribution in [0.1, 0.15) is 12.5 Å². The Morgan fingerprint density at radius 2 is 1.76 bits per heavy atom. The Hall–Kier alpha value is -3.27. The minimum atomic E-state index is -0.504. The van der Waals surface area contributed by atoms with E-state index in [1.165, 1.54) is 45.0 Å². The molecule has 2 rings (SSSR count). The Kier molecular flexibility index (Phi) is 7.84. The van der Waals surface area contributed by atoms with Crippen LogP contribution in [0.2, 0.25) is 0 Å². The van der Waals surface area contributed by atoms with Crippen LogP contribution >= 0.6 is 11.8 Å². The first kappa shape index (κ1) is 22.0. The maximum atomic E-state index is 12.2. The van der Waals surface area contributed by atoms with Crippen molar-refractivity contribution in [2.24, 2.45) is 0 Å². The van der Waals surface area contributed by atoms with Crippen molar-refractivity contribution >= 4 is 40.6 Å². The van der Waals surface area contributed by atoms with E-state index >= 15 is 0 Å². The first-order valence-electron chi connectivity index (χ1n) is 8.48. The summed E-state index contributed by atoms with van der Waals surface area (Å²) in [5.41, 5.74) is 1.57. The Bertz CT molecular complexity index is 919. The third-order valence-corrected chi connectivity index (χ3v) is 4.74. The van der Waals surface area contributed by atoms with Crippen molar-refractivity contribution in [3.05, 3.63) is 52.1 Å². The number of hydrogen-bond donors (Lipinski definition) is 2. The second-order valence-electron chi connectivity index (χ2n) is 5.90. The molecule has 0 spiro atoms. The summed E-state index contributed by atoms with van der Waals surface area (Å²) in [6, 6.07) is 9.61. The minimum absolute atomic E-state index is 0.112. The van der Waals surface area contributed by atoms with Crippen molar-refractivity contribution in [1.82, 2.24) is 0 Å². The monoisotopic (exact) mass is 419 g/mol. The maximum Gasteiger partial charge on any atom is 0.311 e. The Balaban J connectivity index is 1.94. The lowest BCUT2D eigenvalue weighted by atomic mass is 10.2. The van der Waals surface area contributed by atoms with Gasteiger partial charge in [-0.1, -0.05) is 6.07 Å². The largest absolute Gasteiger partial charge is 0.495 e. The lowest BCUT2D eigenvalue weighted by Crippen LogP contribution is -2.15. The second-order valence-corrected chi connectivity index (χ2v) is 6.89. The normalized spacial score (nSPS) is 10.2. The third kappa shape index (κ3) is 6.39. The van der Waals surface area contributed by atoms with Gasteiger partial charge in [0, 0.05) is 24.4 Å². The highest BCUT2D eigenvalue weighted by molar-refractivity contribution is 7.99. The lowest BCUT2D eigenvalue weighted by molar-refractivity contribution is -0.385. The lowest BCUT2D eigenvalue weighted by Gasteiger charge is -2.12. The van der Waals surface area contributed by atoms with E-state index < -0.39 is 4.92 Å². The van der Waals surface area contributed by atoms with E-state index in [1.54, 1.807) is 24.3 Å². The predicted molar refractivity (Wildman–Crippen MR) is 112 cm³/mol. The first-order chi connectivity index (χ1) is 13.8. The van der Waals surface area contributed by atoms with Crippen LogP contribution in [0, 0.1) is 10.1 Å². The summed E-state index contributed by atoms with van der Waals surface area (Å²) < 4.78 is 10.1. The summed E-state index contributed by atoms with van der Waals surface area (Å²) in [7, 11) is 2.86. The van der Waals surface area contributed by atoms with Crippen LogP contribution in [0.5, 0.6) is 11.5 Å². The van der Waals surface area contributed by atoms with E-state index in [-0.39, 0.29) is 29.0 Å². The smallest absolute Gasteiger partial charge is 0.311 e. The van der Waals surface area contributed by atoms with Gasteiger partial charge in [-0.2, -0.15) is 0 Å². The van der Waals surface area contributed by atoms with Crippen LogP contribution < -0.4 is 20.1 Å². The number of anilines is 2. The highest BCUT2D eigenvalue weighted by Crippen LogP contribution is 2.30. The van der Waals surface area contributed by atoms with Gasteiger partial charge in [0.15, 0.2) is 5.75 Å². The standard InChI is InChI=1S/C19H21N3O6S/c1-12(23)20-15-9-14(5-7-17(15)27-2)21-19(24)11-29-10-13-4-6-18(28-3)16(8-13)22(25)26/h4-9H,10-11H2,1-3H3,(H,20,23)(H,21,24). The molecule has 0 saturated carbocycles. The van der Waals surface area contributed by atoms with E-state index in [0.29, 0.717) is 28.4 Å². The van der Waals surface area contributed by atoms with Gasteiger partial charge in [-0.3, -0.25) is 19.7 Å². The zero-order chi connectivity index (χ0) is 21.4. The quantitative estimate of drug-likeness (QED) is 0.472. The van der Waals surface area contributed by atoms with E-state index in [9.17, 15) is 19.7 Å². The number of thioether (sulfide) groups is 1. The molecule has 9 nitrogen and oxygen atoms in total. The number of carbonyl (C=O) groups is 2. The number of carbonyl (C=O) groups excluding carboxylic acids is 2. The number of nitrogens with one attached hydrogen (secondary N) is 2. The van der Waals surface area contributed by atoms with Gasteiger partial charge in [0.2, 0.25) is 11.8 Å². The average Bonchev–Trinajstić information content (AvgIpc) is 2.67. The average molecular weight is 419 g/mol. The number of nitro benzene ring substituents is 1. The molecule has 0 aliphatic carbocycles. The molecule has 0 heterocycles. The molecule has 0 aliphatic heterocycles. The van der Waals surface area contributed by atoms with Gasteiger partial charge >= 0.3 is 5.69 Å². The van der Waals surface area contributed by atoms with Gasteiger partial charge in [-0.05, 0) is 29.8 Å². The molecule has 2 aromatic rings. The fourth-order valence-electron chi connectivity index (χ4n) is 2.50. The summed E-state index contributed by atoms with van der Waals surface area (Å²) in [5, 5.41) is 16.5. The maximum absolute atomic E-state index is 12.2. The fourth-order valence-corrected chi connectivity index (χ4v) is 3.27. The molecule has 29 heavy (non-hydrogen) atoms. The van der Waals surface area contributed by atoms with Crippen molar-refractivity contribution in [2.45, 2.75) is 12.7 Å². The molecule has 0 aromatic heterocycles. The number of nitrogens with zero attached hydrogens (tertiary/aromatic N) is 1. The molecule has 0 radical (unpaired) electrons. The van der Waals surface area contributed by atoms with Crippen LogP contribution in [0.25, 0.3) is 0 Å². The van der Waals surface area contributed by atoms with E-state index in [4.69, 9.17) is 9.47 Å². The van der Waals surface area contributed by atoms with E-state index in [0.717, 1.165) is 0 Å². The van der Waals surface area contributed by atoms with Crippen molar-refractivity contribution in [2.75, 3.05) is 30.6 Å². The number of amides is 2. The Labute approximate surface area is 171 Å². The predicted octanol–water partition coefficient (Wildman–Crippen LogP) is 3.44. The van der Waals surface area contributed by atoms with Gasteiger partial charge < -0.3 is 20.1 Å². The van der Waals surface area contributed by atoms with E-state index in [2.05, 4.69) is 10.6 Å². The van der Waals surface area contributed by atoms with Crippen LogP contribution in [-0.4, -0.2) is 36.7 Å². The Morgan fingerprint density at radius 3 is 2.38 bits per heavy atom. The molecule has 2 amide bonds. The molecule has 0 saturated heterocycles. The molecule has 0 bridgehead atoms. The molecule has 2 aromatic carbocycles. The molecular formula is C19H21N3O6S. The van der Waals surface area contributed by atoms with Crippen molar-refractivity contribution in [3.63, 3.8) is 0 Å². The number of nitro groups is 1. The first-order valence-corrected chi connectivity index (χ1v) is 9.64. The van der Waals surface area contributed by atoms with Crippen LogP contribution in [0.3, 0.4) is 0 Å². The molecule has 0 unspecified atom stereocenters. The summed E-state index contributed by atoms with van der Waals surface area (Å²) in [4.78, 5) is 34.1. The number of ether oxygens (including phenoxy) is 2. The van der Waals surface area contributed by atoms with Crippen LogP contribution in [0.15, 0.2) is 36.4 Å². The molecule has 0 atom stereocenters. The summed E-state index contributed by atoms with van der Waals surface area (Å²) >= 11 is 1.32. The Morgan fingerprint density at radius 1 is 1.07 bits per heavy atom. The number of benzene rings is 2. The summed E-state index contributed by atoms with van der Waals surface area (Å²) in [5.74, 6) is 0.761. The highest BCUT2D eigenvalue weighted by atomic mass is 32.2. The molecule has 0 fully saturated rings. The summed E-state index contributed by atoms with van der Waals surface area (Å²) in [6.07, 6.45) is 0. The summed E-state index contributed by atoms with van der Waals surface area (Å²) in [6.45, 7) is 1.38. The zero-order valence-electron chi connectivity index (χ0n) is 16.2. The fraction of sp³-hybridized carbons (Fsp3) is 0.263. The van der Waals surface area contributed by atoms with Crippen molar-refractivity contribution < 1.29 is 24.0 Å². The minimum Gasteiger partial charge on any atom is -0.495 e. The van der Waals surface area contributed by atoms with Gasteiger partial charge in [0.05, 0.1) is 30.6 Å². The molecule has 154 valence electrons. The van der Waals surface area contributed by atoms with Crippen LogP contribution in [0.4, 0.5) is 17.1 Å².